The molecule has 1 N–H and O–H groups in total. The number of Topliss-reactive ketones (excluding diaryl/α,β-unsaturated/α-hetero) is 1. The van der Waals surface area contributed by atoms with Gasteiger partial charge in [-0.1, -0.05) is 54.6 Å². The molecule has 3 aromatic carbocycles. The van der Waals surface area contributed by atoms with Gasteiger partial charge in [-0.2, -0.15) is 0 Å². The van der Waals surface area contributed by atoms with Crippen LogP contribution in [-0.4, -0.2) is 31.4 Å². The molecule has 32 heavy (non-hydrogen) atoms. The summed E-state index contributed by atoms with van der Waals surface area (Å²) in [7, 11) is 0. The van der Waals surface area contributed by atoms with E-state index in [-0.39, 0.29) is 5.78 Å². The zero-order valence-corrected chi connectivity index (χ0v) is 17.9. The van der Waals surface area contributed by atoms with Crippen molar-refractivity contribution >= 4 is 28.4 Å². The Kier molecular flexibility index (Phi) is 5.72. The molecule has 2 aromatic heterocycles. The summed E-state index contributed by atoms with van der Waals surface area (Å²) in [6, 6.07) is 27.7. The summed E-state index contributed by atoms with van der Waals surface area (Å²) in [5.41, 5.74) is 4.49. The van der Waals surface area contributed by atoms with Crippen LogP contribution < -0.4 is 0 Å². The van der Waals surface area contributed by atoms with Gasteiger partial charge in [-0.05, 0) is 46.3 Å². The lowest BCUT2D eigenvalue weighted by Gasteiger charge is -2.07. The lowest BCUT2D eigenvalue weighted by atomic mass is 10.0. The standard InChI is InChI=1S/C25H19N5OS/c31-24(14-17-5-3-8-20(13-17)25-27-29-30-28-25)19-7-4-9-22(15-19)32-16-21-12-11-18-6-1-2-10-23(18)26-21/h1-13,15H,14,16H2,(H,27,28,29,30). The van der Waals surface area contributed by atoms with Gasteiger partial charge in [0, 0.05) is 33.6 Å². The molecule has 0 radical (unpaired) electrons. The molecule has 0 atom stereocenters. The third kappa shape index (κ3) is 4.58. The quantitative estimate of drug-likeness (QED) is 0.281. The minimum atomic E-state index is 0.0733. The number of para-hydroxylation sites is 1. The highest BCUT2D eigenvalue weighted by molar-refractivity contribution is 7.98. The van der Waals surface area contributed by atoms with Gasteiger partial charge in [-0.25, -0.2) is 5.10 Å². The van der Waals surface area contributed by atoms with Crippen molar-refractivity contribution in [1.82, 2.24) is 25.6 Å². The fourth-order valence-electron chi connectivity index (χ4n) is 3.50. The maximum absolute atomic E-state index is 12.9. The zero-order valence-electron chi connectivity index (χ0n) is 17.1. The van der Waals surface area contributed by atoms with Crippen LogP contribution >= 0.6 is 11.8 Å². The third-order valence-corrected chi connectivity index (χ3v) is 6.14. The first kappa shape index (κ1) is 20.1. The molecular formula is C25H19N5OS. The molecule has 0 aliphatic heterocycles. The second-order valence-corrected chi connectivity index (χ2v) is 8.41. The second kappa shape index (κ2) is 9.11. The topological polar surface area (TPSA) is 84.4 Å². The van der Waals surface area contributed by atoms with E-state index < -0.39 is 0 Å². The molecule has 0 unspecified atom stereocenters. The number of ketones is 1. The first-order valence-electron chi connectivity index (χ1n) is 10.2. The molecule has 0 aliphatic rings. The van der Waals surface area contributed by atoms with Crippen molar-refractivity contribution in [3.8, 4) is 11.4 Å². The van der Waals surface area contributed by atoms with Gasteiger partial charge in [0.2, 0.25) is 0 Å². The van der Waals surface area contributed by atoms with E-state index in [2.05, 4.69) is 38.8 Å². The number of H-pyrrole nitrogens is 1. The van der Waals surface area contributed by atoms with Gasteiger partial charge in [0.15, 0.2) is 11.6 Å². The van der Waals surface area contributed by atoms with Crippen molar-refractivity contribution in [2.24, 2.45) is 0 Å². The van der Waals surface area contributed by atoms with Gasteiger partial charge < -0.3 is 0 Å². The molecule has 0 spiro atoms. The summed E-state index contributed by atoms with van der Waals surface area (Å²) >= 11 is 1.68. The van der Waals surface area contributed by atoms with Gasteiger partial charge in [-0.15, -0.1) is 16.9 Å². The van der Waals surface area contributed by atoms with Crippen molar-refractivity contribution in [3.63, 3.8) is 0 Å². The van der Waals surface area contributed by atoms with E-state index in [1.807, 2.05) is 66.7 Å². The number of nitrogens with zero attached hydrogens (tertiary/aromatic N) is 4. The number of nitrogens with one attached hydrogen (secondary N) is 1. The van der Waals surface area contributed by atoms with Crippen molar-refractivity contribution in [2.45, 2.75) is 17.1 Å². The number of thioether (sulfide) groups is 1. The maximum Gasteiger partial charge on any atom is 0.179 e. The van der Waals surface area contributed by atoms with Crippen LogP contribution in [0.4, 0.5) is 0 Å². The molecule has 0 saturated heterocycles. The van der Waals surface area contributed by atoms with Crippen LogP contribution in [0, 0.1) is 0 Å². The highest BCUT2D eigenvalue weighted by atomic mass is 32.2. The number of aromatic nitrogens is 5. The van der Waals surface area contributed by atoms with E-state index in [9.17, 15) is 4.79 Å². The van der Waals surface area contributed by atoms with Crippen LogP contribution in [0.1, 0.15) is 21.6 Å². The number of hydrogen-bond donors (Lipinski definition) is 1. The molecule has 156 valence electrons. The Bertz CT molecular complexity index is 1380. The third-order valence-electron chi connectivity index (χ3n) is 5.11. The van der Waals surface area contributed by atoms with Crippen LogP contribution in [0.5, 0.6) is 0 Å². The largest absolute Gasteiger partial charge is 0.294 e. The first-order valence-corrected chi connectivity index (χ1v) is 11.2. The fraction of sp³-hybridized carbons (Fsp3) is 0.0800. The van der Waals surface area contributed by atoms with Gasteiger partial charge >= 0.3 is 0 Å². The van der Waals surface area contributed by atoms with E-state index in [1.165, 1.54) is 0 Å². The molecule has 0 saturated carbocycles. The van der Waals surface area contributed by atoms with E-state index >= 15 is 0 Å². The predicted molar refractivity (Wildman–Crippen MR) is 125 cm³/mol. The Morgan fingerprint density at radius 3 is 2.72 bits per heavy atom. The molecule has 5 rings (SSSR count). The van der Waals surface area contributed by atoms with Crippen LogP contribution in [0.2, 0.25) is 0 Å². The zero-order chi connectivity index (χ0) is 21.8. The lowest BCUT2D eigenvalue weighted by Crippen LogP contribution is -2.03. The number of fused-ring (bicyclic) bond motifs is 1. The molecule has 0 bridgehead atoms. The van der Waals surface area contributed by atoms with Gasteiger partial charge in [0.05, 0.1) is 11.2 Å². The van der Waals surface area contributed by atoms with Crippen LogP contribution in [-0.2, 0) is 12.2 Å². The minimum Gasteiger partial charge on any atom is -0.294 e. The van der Waals surface area contributed by atoms with Crippen LogP contribution in [0.3, 0.4) is 0 Å². The number of pyridine rings is 1. The Hall–Kier alpha value is -3.84. The van der Waals surface area contributed by atoms with E-state index in [1.54, 1.807) is 11.8 Å². The first-order chi connectivity index (χ1) is 15.7. The Morgan fingerprint density at radius 2 is 1.81 bits per heavy atom. The van der Waals surface area contributed by atoms with E-state index in [0.29, 0.717) is 17.8 Å². The monoisotopic (exact) mass is 437 g/mol. The second-order valence-electron chi connectivity index (χ2n) is 7.36. The Morgan fingerprint density at radius 1 is 0.906 bits per heavy atom. The summed E-state index contributed by atoms with van der Waals surface area (Å²) in [6.45, 7) is 0. The molecule has 2 heterocycles. The Balaban J connectivity index is 1.27. The number of tetrazole rings is 1. The maximum atomic E-state index is 12.9. The average Bonchev–Trinajstić information content (AvgIpc) is 3.38. The van der Waals surface area contributed by atoms with E-state index in [0.717, 1.165) is 38.4 Å². The van der Waals surface area contributed by atoms with Crippen molar-refractivity contribution in [1.29, 1.82) is 0 Å². The number of rotatable bonds is 7. The van der Waals surface area contributed by atoms with Crippen molar-refractivity contribution in [2.75, 3.05) is 0 Å². The Labute approximate surface area is 189 Å². The van der Waals surface area contributed by atoms with Gasteiger partial charge in [0.1, 0.15) is 0 Å². The molecular weight excluding hydrogens is 418 g/mol. The summed E-state index contributed by atoms with van der Waals surface area (Å²) < 4.78 is 0. The number of aromatic amines is 1. The molecule has 5 aromatic rings. The van der Waals surface area contributed by atoms with Crippen molar-refractivity contribution in [3.05, 3.63) is 102 Å². The predicted octanol–water partition coefficient (Wildman–Crippen LogP) is 5.13. The number of benzene rings is 3. The number of hydrogen-bond acceptors (Lipinski definition) is 6. The molecule has 0 amide bonds. The molecule has 0 fully saturated rings. The van der Waals surface area contributed by atoms with Crippen LogP contribution in [0.15, 0.2) is 89.8 Å². The van der Waals surface area contributed by atoms with Gasteiger partial charge in [0.25, 0.3) is 0 Å². The number of carbonyl (C=O) groups is 1. The summed E-state index contributed by atoms with van der Waals surface area (Å²) in [6.07, 6.45) is 0.315. The lowest BCUT2D eigenvalue weighted by molar-refractivity contribution is 0.0993. The smallest absolute Gasteiger partial charge is 0.179 e. The molecule has 6 nitrogen and oxygen atoms in total. The van der Waals surface area contributed by atoms with Crippen molar-refractivity contribution < 1.29 is 4.79 Å². The summed E-state index contributed by atoms with van der Waals surface area (Å²) in [5.74, 6) is 1.40. The minimum absolute atomic E-state index is 0.0733. The average molecular weight is 438 g/mol. The van der Waals surface area contributed by atoms with E-state index in [4.69, 9.17) is 4.98 Å². The van der Waals surface area contributed by atoms with Crippen LogP contribution in [0.25, 0.3) is 22.3 Å². The van der Waals surface area contributed by atoms with Gasteiger partial charge in [-0.3, -0.25) is 9.78 Å². The highest BCUT2D eigenvalue weighted by Gasteiger charge is 2.10. The number of carbonyl (C=O) groups excluding carboxylic acids is 1. The SMILES string of the molecule is O=C(Cc1cccc(-c2nnn[nH]2)c1)c1cccc(SCc2ccc3ccccc3n2)c1. The summed E-state index contributed by atoms with van der Waals surface area (Å²) in [5, 5.41) is 15.0. The normalized spacial score (nSPS) is 11.0. The highest BCUT2D eigenvalue weighted by Crippen LogP contribution is 2.25. The molecule has 7 heteroatoms. The summed E-state index contributed by atoms with van der Waals surface area (Å²) in [4.78, 5) is 18.7. The molecule has 0 aliphatic carbocycles. The fourth-order valence-corrected chi connectivity index (χ4v) is 4.36.